The molecule has 8 nitrogen and oxygen atoms in total. The van der Waals surface area contributed by atoms with Crippen molar-refractivity contribution in [2.45, 2.75) is 33.4 Å². The maximum Gasteiger partial charge on any atom is 0.277 e. The summed E-state index contributed by atoms with van der Waals surface area (Å²) in [6, 6.07) is 15.5. The van der Waals surface area contributed by atoms with Crippen molar-refractivity contribution in [3.05, 3.63) is 93.4 Å². The summed E-state index contributed by atoms with van der Waals surface area (Å²) in [6.45, 7) is 4.43. The predicted molar refractivity (Wildman–Crippen MR) is 112 cm³/mol. The molecule has 1 aromatic carbocycles. The van der Waals surface area contributed by atoms with Crippen molar-refractivity contribution in [2.75, 3.05) is 0 Å². The number of benzene rings is 1. The van der Waals surface area contributed by atoms with Gasteiger partial charge in [0.25, 0.3) is 11.3 Å². The number of aromatic nitrogens is 5. The summed E-state index contributed by atoms with van der Waals surface area (Å²) in [7, 11) is 0. The van der Waals surface area contributed by atoms with Gasteiger partial charge < -0.3 is 4.90 Å². The molecule has 0 bridgehead atoms. The van der Waals surface area contributed by atoms with E-state index in [1.165, 1.54) is 10.8 Å². The van der Waals surface area contributed by atoms with E-state index in [9.17, 15) is 9.59 Å². The lowest BCUT2D eigenvalue weighted by atomic mass is 10.1. The van der Waals surface area contributed by atoms with Gasteiger partial charge in [-0.15, -0.1) is 0 Å². The molecule has 0 spiro atoms. The smallest absolute Gasteiger partial charge is 0.277 e. The van der Waals surface area contributed by atoms with E-state index in [-0.39, 0.29) is 17.9 Å². The van der Waals surface area contributed by atoms with E-state index >= 15 is 0 Å². The molecule has 30 heavy (non-hydrogen) atoms. The Morgan fingerprint density at radius 3 is 2.60 bits per heavy atom. The van der Waals surface area contributed by atoms with Gasteiger partial charge in [-0.1, -0.05) is 36.4 Å². The fourth-order valence-electron chi connectivity index (χ4n) is 3.38. The molecule has 1 N–H and O–H groups in total. The summed E-state index contributed by atoms with van der Waals surface area (Å²) in [5.74, 6) is 0.127. The molecular weight excluding hydrogens is 380 g/mol. The second-order valence-electron chi connectivity index (χ2n) is 7.19. The van der Waals surface area contributed by atoms with Crippen LogP contribution in [0.4, 0.5) is 0 Å². The first kappa shape index (κ1) is 19.5. The number of fused-ring (bicyclic) bond motifs is 1. The highest BCUT2D eigenvalue weighted by Gasteiger charge is 2.20. The van der Waals surface area contributed by atoms with Crippen molar-refractivity contribution in [3.63, 3.8) is 0 Å². The monoisotopic (exact) mass is 402 g/mol. The highest BCUT2D eigenvalue weighted by molar-refractivity contribution is 5.79. The summed E-state index contributed by atoms with van der Waals surface area (Å²) in [6.07, 6.45) is 1.36. The van der Waals surface area contributed by atoms with Crippen LogP contribution >= 0.6 is 0 Å². The minimum absolute atomic E-state index is 0.0434. The number of H-pyrrole nitrogens is 1. The molecule has 0 fully saturated rings. The number of hydrogen-bond donors (Lipinski definition) is 1. The van der Waals surface area contributed by atoms with Crippen LogP contribution in [0.25, 0.3) is 5.78 Å². The first-order chi connectivity index (χ1) is 14.5. The zero-order valence-corrected chi connectivity index (χ0v) is 16.9. The van der Waals surface area contributed by atoms with Crippen molar-refractivity contribution in [1.29, 1.82) is 0 Å². The second kappa shape index (κ2) is 8.28. The molecule has 0 saturated carbocycles. The summed E-state index contributed by atoms with van der Waals surface area (Å²) >= 11 is 0. The number of aryl methyl sites for hydroxylation is 2. The third-order valence-electron chi connectivity index (χ3n) is 4.93. The molecule has 4 aromatic rings. The van der Waals surface area contributed by atoms with E-state index in [1.807, 2.05) is 55.5 Å². The lowest BCUT2D eigenvalue weighted by molar-refractivity contribution is -0.131. The zero-order valence-electron chi connectivity index (χ0n) is 16.9. The summed E-state index contributed by atoms with van der Waals surface area (Å²) in [5, 5.41) is 2.74. The first-order valence-electron chi connectivity index (χ1n) is 9.67. The van der Waals surface area contributed by atoms with Crippen LogP contribution in [0.2, 0.25) is 0 Å². The Labute approximate surface area is 173 Å². The predicted octanol–water partition coefficient (Wildman–Crippen LogP) is 2.20. The Balaban J connectivity index is 1.64. The summed E-state index contributed by atoms with van der Waals surface area (Å²) < 4.78 is 1.25. The topological polar surface area (TPSA) is 96.3 Å². The fraction of sp³-hybridized carbons (Fsp3) is 0.227. The lowest BCUT2D eigenvalue weighted by Crippen LogP contribution is -2.34. The Morgan fingerprint density at radius 1 is 1.03 bits per heavy atom. The minimum Gasteiger partial charge on any atom is -0.332 e. The number of carbonyl (C=O) groups is 1. The SMILES string of the molecule is Cc1cccc(CN(Cc2ccccc2)C(=O)Cc2c(C)nc3nc[nH]n3c2=O)n1. The van der Waals surface area contributed by atoms with Crippen LogP contribution < -0.4 is 5.56 Å². The molecule has 0 radical (unpaired) electrons. The van der Waals surface area contributed by atoms with E-state index < -0.39 is 0 Å². The molecule has 8 heteroatoms. The lowest BCUT2D eigenvalue weighted by Gasteiger charge is -2.23. The largest absolute Gasteiger partial charge is 0.332 e. The van der Waals surface area contributed by atoms with Crippen LogP contribution in [0, 0.1) is 13.8 Å². The van der Waals surface area contributed by atoms with E-state index in [2.05, 4.69) is 20.1 Å². The van der Waals surface area contributed by atoms with E-state index in [0.717, 1.165) is 17.0 Å². The van der Waals surface area contributed by atoms with Gasteiger partial charge in [0.1, 0.15) is 6.33 Å². The molecule has 0 atom stereocenters. The van der Waals surface area contributed by atoms with Crippen molar-refractivity contribution < 1.29 is 4.79 Å². The fourth-order valence-corrected chi connectivity index (χ4v) is 3.38. The quantitative estimate of drug-likeness (QED) is 0.533. The number of amides is 1. The highest BCUT2D eigenvalue weighted by atomic mass is 16.2. The Morgan fingerprint density at radius 2 is 1.83 bits per heavy atom. The molecule has 3 heterocycles. The van der Waals surface area contributed by atoms with Gasteiger partial charge in [-0.3, -0.25) is 19.7 Å². The number of nitrogens with one attached hydrogen (secondary N) is 1. The highest BCUT2D eigenvalue weighted by Crippen LogP contribution is 2.12. The standard InChI is InChI=1S/C22H22N6O2/c1-15-7-6-10-18(25-15)13-27(12-17-8-4-3-5-9-17)20(29)11-19-16(2)26-22-23-14-24-28(22)21(19)30/h3-10,14H,11-13H2,1-2H3,(H,23,24,26). The second-order valence-corrected chi connectivity index (χ2v) is 7.19. The molecule has 0 aliphatic carbocycles. The van der Waals surface area contributed by atoms with Gasteiger partial charge >= 0.3 is 0 Å². The third kappa shape index (κ3) is 4.12. The van der Waals surface area contributed by atoms with E-state index in [4.69, 9.17) is 0 Å². The number of pyridine rings is 1. The third-order valence-corrected chi connectivity index (χ3v) is 4.93. The summed E-state index contributed by atoms with van der Waals surface area (Å²) in [5.41, 5.74) is 3.26. The molecule has 0 unspecified atom stereocenters. The molecule has 0 aliphatic heterocycles. The van der Waals surface area contributed by atoms with Crippen molar-refractivity contribution >= 4 is 11.7 Å². The molecule has 152 valence electrons. The minimum atomic E-state index is -0.309. The van der Waals surface area contributed by atoms with Crippen LogP contribution in [0.15, 0.2) is 59.7 Å². The van der Waals surface area contributed by atoms with Crippen molar-refractivity contribution in [3.8, 4) is 0 Å². The summed E-state index contributed by atoms with van der Waals surface area (Å²) in [4.78, 5) is 40.7. The molecular formula is C22H22N6O2. The van der Waals surface area contributed by atoms with Gasteiger partial charge in [-0.05, 0) is 31.5 Å². The van der Waals surface area contributed by atoms with Gasteiger partial charge in [0.2, 0.25) is 5.91 Å². The average Bonchev–Trinajstić information content (AvgIpc) is 3.20. The average molecular weight is 402 g/mol. The number of hydrogen-bond acceptors (Lipinski definition) is 5. The zero-order chi connectivity index (χ0) is 21.1. The Hall–Kier alpha value is -3.81. The van der Waals surface area contributed by atoms with Crippen molar-refractivity contribution in [2.24, 2.45) is 0 Å². The molecule has 0 aliphatic rings. The van der Waals surface area contributed by atoms with Gasteiger partial charge in [0.15, 0.2) is 0 Å². The van der Waals surface area contributed by atoms with Crippen molar-refractivity contribution in [1.82, 2.24) is 29.5 Å². The maximum atomic E-state index is 13.3. The van der Waals surface area contributed by atoms with Gasteiger partial charge in [0, 0.05) is 12.2 Å². The number of carbonyl (C=O) groups excluding carboxylic acids is 1. The van der Waals surface area contributed by atoms with Crippen LogP contribution in [-0.2, 0) is 24.3 Å². The van der Waals surface area contributed by atoms with Crippen LogP contribution in [0.5, 0.6) is 0 Å². The maximum absolute atomic E-state index is 13.3. The van der Waals surface area contributed by atoms with Gasteiger partial charge in [0.05, 0.1) is 29.9 Å². The first-order valence-corrected chi connectivity index (χ1v) is 9.67. The Bertz CT molecular complexity index is 1250. The van der Waals surface area contributed by atoms with Crippen LogP contribution in [-0.4, -0.2) is 35.4 Å². The molecule has 1 amide bonds. The number of nitrogens with zero attached hydrogens (tertiary/aromatic N) is 5. The van der Waals surface area contributed by atoms with Crippen LogP contribution in [0.1, 0.15) is 28.2 Å². The Kier molecular flexibility index (Phi) is 5.38. The van der Waals surface area contributed by atoms with Gasteiger partial charge in [-0.25, -0.2) is 9.97 Å². The van der Waals surface area contributed by atoms with E-state index in [1.54, 1.807) is 11.8 Å². The molecule has 4 rings (SSSR count). The molecule has 0 saturated heterocycles. The number of rotatable bonds is 6. The normalized spacial score (nSPS) is 11.0. The van der Waals surface area contributed by atoms with Crippen LogP contribution in [0.3, 0.4) is 0 Å². The van der Waals surface area contributed by atoms with E-state index in [0.29, 0.717) is 30.1 Å². The number of aromatic amines is 1. The molecule has 3 aromatic heterocycles. The van der Waals surface area contributed by atoms with Gasteiger partial charge in [-0.2, -0.15) is 4.52 Å².